The molecule has 1 aromatic heterocycles. The number of methoxy groups -OCH3 is 1. The first-order chi connectivity index (χ1) is 11.5. The summed E-state index contributed by atoms with van der Waals surface area (Å²) in [4.78, 5) is 14.0. The Morgan fingerprint density at radius 3 is 2.75 bits per heavy atom. The van der Waals surface area contributed by atoms with E-state index in [2.05, 4.69) is 15.9 Å². The number of rotatable bonds is 4. The molecule has 0 unspecified atom stereocenters. The highest BCUT2D eigenvalue weighted by Gasteiger charge is 2.17. The summed E-state index contributed by atoms with van der Waals surface area (Å²) >= 11 is 3.39. The summed E-state index contributed by atoms with van der Waals surface area (Å²) in [5.41, 5.74) is 1.31. The Morgan fingerprint density at radius 1 is 1.25 bits per heavy atom. The van der Waals surface area contributed by atoms with Crippen molar-refractivity contribution in [1.29, 1.82) is 0 Å². The van der Waals surface area contributed by atoms with Gasteiger partial charge in [0.25, 0.3) is 5.91 Å². The van der Waals surface area contributed by atoms with Crippen LogP contribution < -0.4 is 4.74 Å². The zero-order valence-electron chi connectivity index (χ0n) is 13.2. The van der Waals surface area contributed by atoms with Gasteiger partial charge in [0, 0.05) is 23.5 Å². The smallest absolute Gasteiger partial charge is 0.289 e. The van der Waals surface area contributed by atoms with E-state index in [0.717, 1.165) is 9.86 Å². The number of halogens is 2. The van der Waals surface area contributed by atoms with Crippen molar-refractivity contribution in [1.82, 2.24) is 4.90 Å². The van der Waals surface area contributed by atoms with Gasteiger partial charge in [-0.3, -0.25) is 4.79 Å². The number of carbonyl (C=O) groups excluding carboxylic acids is 1. The molecule has 3 aromatic rings. The van der Waals surface area contributed by atoms with E-state index in [1.54, 1.807) is 31.3 Å². The van der Waals surface area contributed by atoms with E-state index in [-0.39, 0.29) is 24.0 Å². The van der Waals surface area contributed by atoms with Crippen LogP contribution in [0, 0.1) is 5.82 Å². The summed E-state index contributed by atoms with van der Waals surface area (Å²) < 4.78 is 25.2. The van der Waals surface area contributed by atoms with Crippen molar-refractivity contribution in [2.24, 2.45) is 0 Å². The third-order valence-corrected chi connectivity index (χ3v) is 4.17. The second-order valence-corrected chi connectivity index (χ2v) is 6.34. The molecule has 1 amide bonds. The summed E-state index contributed by atoms with van der Waals surface area (Å²) in [5.74, 6) is -0.293. The fourth-order valence-electron chi connectivity index (χ4n) is 2.46. The van der Waals surface area contributed by atoms with Crippen molar-refractivity contribution in [3.8, 4) is 5.75 Å². The topological polar surface area (TPSA) is 42.7 Å². The number of hydrogen-bond acceptors (Lipinski definition) is 3. The fraction of sp³-hybridized carbons (Fsp3) is 0.167. The fourth-order valence-corrected chi connectivity index (χ4v) is 2.84. The van der Waals surface area contributed by atoms with E-state index in [0.29, 0.717) is 11.1 Å². The van der Waals surface area contributed by atoms with Crippen LogP contribution in [-0.4, -0.2) is 25.0 Å². The van der Waals surface area contributed by atoms with Crippen LogP contribution in [0.5, 0.6) is 5.75 Å². The van der Waals surface area contributed by atoms with E-state index < -0.39 is 5.82 Å². The number of hydrogen-bond donors (Lipinski definition) is 0. The average molecular weight is 392 g/mol. The van der Waals surface area contributed by atoms with Crippen LogP contribution in [0.1, 0.15) is 16.1 Å². The molecule has 4 nitrogen and oxygen atoms in total. The monoisotopic (exact) mass is 391 g/mol. The van der Waals surface area contributed by atoms with Crippen LogP contribution >= 0.6 is 15.9 Å². The Hall–Kier alpha value is -2.34. The van der Waals surface area contributed by atoms with E-state index >= 15 is 0 Å². The molecule has 0 N–H and O–H groups in total. The Bertz CT molecular complexity index is 906. The molecule has 0 fully saturated rings. The third-order valence-electron chi connectivity index (χ3n) is 3.67. The largest absolute Gasteiger partial charge is 0.494 e. The van der Waals surface area contributed by atoms with Crippen LogP contribution in [0.25, 0.3) is 11.0 Å². The van der Waals surface area contributed by atoms with Crippen LogP contribution in [0.4, 0.5) is 4.39 Å². The molecule has 0 aliphatic rings. The first-order valence-corrected chi connectivity index (χ1v) is 8.04. The number of benzene rings is 2. The van der Waals surface area contributed by atoms with Crippen LogP contribution in [0.15, 0.2) is 51.4 Å². The molecule has 0 saturated carbocycles. The minimum absolute atomic E-state index is 0.176. The van der Waals surface area contributed by atoms with Gasteiger partial charge in [-0.2, -0.15) is 0 Å². The number of ether oxygens (including phenoxy) is 1. The van der Waals surface area contributed by atoms with Crippen LogP contribution in [0.3, 0.4) is 0 Å². The Morgan fingerprint density at radius 2 is 2.04 bits per heavy atom. The zero-order valence-corrected chi connectivity index (χ0v) is 14.8. The molecule has 6 heteroatoms. The van der Waals surface area contributed by atoms with Gasteiger partial charge in [-0.05, 0) is 42.0 Å². The minimum Gasteiger partial charge on any atom is -0.494 e. The van der Waals surface area contributed by atoms with Gasteiger partial charge in [-0.15, -0.1) is 0 Å². The van der Waals surface area contributed by atoms with Gasteiger partial charge >= 0.3 is 0 Å². The van der Waals surface area contributed by atoms with E-state index in [1.165, 1.54) is 18.1 Å². The molecular formula is C18H15BrFNO3. The highest BCUT2D eigenvalue weighted by atomic mass is 79.9. The lowest BCUT2D eigenvalue weighted by Gasteiger charge is -2.16. The second kappa shape index (κ2) is 6.65. The first-order valence-electron chi connectivity index (χ1n) is 7.25. The van der Waals surface area contributed by atoms with Crippen molar-refractivity contribution in [3.63, 3.8) is 0 Å². The molecule has 0 radical (unpaired) electrons. The molecule has 124 valence electrons. The number of amides is 1. The van der Waals surface area contributed by atoms with Gasteiger partial charge in [-0.1, -0.05) is 22.0 Å². The Balaban J connectivity index is 1.79. The lowest BCUT2D eigenvalue weighted by Crippen LogP contribution is -2.25. The molecule has 0 spiro atoms. The molecule has 3 rings (SSSR count). The summed E-state index contributed by atoms with van der Waals surface area (Å²) in [6, 6.07) is 11.9. The molecule has 2 aromatic carbocycles. The van der Waals surface area contributed by atoms with E-state index in [1.807, 2.05) is 12.1 Å². The highest BCUT2D eigenvalue weighted by molar-refractivity contribution is 9.10. The maximum Gasteiger partial charge on any atom is 0.289 e. The van der Waals surface area contributed by atoms with Gasteiger partial charge < -0.3 is 14.1 Å². The number of fused-ring (bicyclic) bond motifs is 1. The predicted octanol–water partition coefficient (Wildman–Crippen LogP) is 4.62. The molecule has 0 aliphatic heterocycles. The third kappa shape index (κ3) is 3.28. The van der Waals surface area contributed by atoms with Gasteiger partial charge in [0.2, 0.25) is 0 Å². The van der Waals surface area contributed by atoms with Gasteiger partial charge in [0.1, 0.15) is 5.58 Å². The average Bonchev–Trinajstić information content (AvgIpc) is 2.97. The van der Waals surface area contributed by atoms with Gasteiger partial charge in [0.15, 0.2) is 17.3 Å². The molecule has 1 heterocycles. The summed E-state index contributed by atoms with van der Waals surface area (Å²) in [6.45, 7) is 0.264. The van der Waals surface area contributed by atoms with Crippen molar-refractivity contribution in [2.75, 3.05) is 14.2 Å². The van der Waals surface area contributed by atoms with Crippen molar-refractivity contribution in [2.45, 2.75) is 6.54 Å². The maximum absolute atomic E-state index is 13.8. The maximum atomic E-state index is 13.8. The zero-order chi connectivity index (χ0) is 17.3. The quantitative estimate of drug-likeness (QED) is 0.651. The lowest BCUT2D eigenvalue weighted by molar-refractivity contribution is 0.0755. The van der Waals surface area contributed by atoms with E-state index in [4.69, 9.17) is 9.15 Å². The molecule has 0 saturated heterocycles. The Labute approximate surface area is 146 Å². The van der Waals surface area contributed by atoms with Crippen molar-refractivity contribution < 1.29 is 18.3 Å². The molecule has 0 bridgehead atoms. The van der Waals surface area contributed by atoms with Crippen molar-refractivity contribution >= 4 is 32.8 Å². The normalized spacial score (nSPS) is 10.8. The molecule has 24 heavy (non-hydrogen) atoms. The van der Waals surface area contributed by atoms with E-state index in [9.17, 15) is 9.18 Å². The second-order valence-electron chi connectivity index (χ2n) is 5.42. The van der Waals surface area contributed by atoms with Gasteiger partial charge in [0.05, 0.1) is 7.11 Å². The summed E-state index contributed by atoms with van der Waals surface area (Å²) in [7, 11) is 3.06. The standard InChI is InChI=1S/C18H15BrFNO3/c1-21(10-11-3-5-16(23-2)14(20)7-11)18(22)17-9-12-8-13(19)4-6-15(12)24-17/h3-9H,10H2,1-2H3. The highest BCUT2D eigenvalue weighted by Crippen LogP contribution is 2.24. The summed E-state index contributed by atoms with van der Waals surface area (Å²) in [6.07, 6.45) is 0. The number of carbonyl (C=O) groups is 1. The number of furan rings is 1. The lowest BCUT2D eigenvalue weighted by atomic mass is 10.2. The van der Waals surface area contributed by atoms with Gasteiger partial charge in [-0.25, -0.2) is 4.39 Å². The summed E-state index contributed by atoms with van der Waals surface area (Å²) in [5, 5.41) is 0.844. The SMILES string of the molecule is COc1ccc(CN(C)C(=O)c2cc3cc(Br)ccc3o2)cc1F. The minimum atomic E-state index is -0.454. The molecule has 0 atom stereocenters. The number of nitrogens with zero attached hydrogens (tertiary/aromatic N) is 1. The van der Waals surface area contributed by atoms with Crippen molar-refractivity contribution in [3.05, 3.63) is 64.1 Å². The predicted molar refractivity (Wildman–Crippen MR) is 92.7 cm³/mol. The molecular weight excluding hydrogens is 377 g/mol. The van der Waals surface area contributed by atoms with Crippen LogP contribution in [0.2, 0.25) is 0 Å². The molecule has 0 aliphatic carbocycles. The first kappa shape index (κ1) is 16.5. The van der Waals surface area contributed by atoms with Crippen LogP contribution in [-0.2, 0) is 6.54 Å². The Kier molecular flexibility index (Phi) is 4.57.